The molecule has 0 bridgehead atoms. The number of nitrogens with one attached hydrogen (secondary N) is 2. The number of hydrogen-bond donors (Lipinski definition) is 2. The molecule has 160 valence electrons. The summed E-state index contributed by atoms with van der Waals surface area (Å²) >= 11 is 0. The van der Waals surface area contributed by atoms with Crippen LogP contribution in [-0.2, 0) is 11.3 Å². The molecule has 2 N–H and O–H groups in total. The molecule has 4 rings (SSSR count). The molecule has 0 unspecified atom stereocenters. The Morgan fingerprint density at radius 3 is 2.87 bits per heavy atom. The molecular weight excluding hydrogens is 374 g/mol. The van der Waals surface area contributed by atoms with Crippen molar-refractivity contribution in [1.29, 1.82) is 0 Å². The fourth-order valence-electron chi connectivity index (χ4n) is 4.54. The molecule has 1 saturated heterocycles. The van der Waals surface area contributed by atoms with Gasteiger partial charge in [-0.05, 0) is 81.5 Å². The zero-order chi connectivity index (χ0) is 20.8. The van der Waals surface area contributed by atoms with Crippen molar-refractivity contribution in [3.8, 4) is 0 Å². The molecule has 1 amide bonds. The van der Waals surface area contributed by atoms with Crippen molar-refractivity contribution in [1.82, 2.24) is 15.2 Å². The number of fused-ring (bicyclic) bond motifs is 2. The first-order chi connectivity index (χ1) is 14.8. The quantitative estimate of drug-likeness (QED) is 0.684. The SMILES string of the molecule is CCNCCCC1CCN(CC(=O)N2c3ccccc3CNc3cccnc32)CC1. The van der Waals surface area contributed by atoms with Crippen molar-refractivity contribution in [3.63, 3.8) is 0 Å². The van der Waals surface area contributed by atoms with Crippen LogP contribution in [0.25, 0.3) is 0 Å². The number of carbonyl (C=O) groups is 1. The zero-order valence-electron chi connectivity index (χ0n) is 17.9. The maximum atomic E-state index is 13.5. The number of hydrogen-bond acceptors (Lipinski definition) is 5. The van der Waals surface area contributed by atoms with E-state index in [1.165, 1.54) is 25.7 Å². The average molecular weight is 408 g/mol. The number of carbonyl (C=O) groups excluding carboxylic acids is 1. The second kappa shape index (κ2) is 10.0. The van der Waals surface area contributed by atoms with Crippen molar-refractivity contribution in [2.45, 2.75) is 39.2 Å². The summed E-state index contributed by atoms with van der Waals surface area (Å²) in [5.41, 5.74) is 2.95. The lowest BCUT2D eigenvalue weighted by Crippen LogP contribution is -2.42. The summed E-state index contributed by atoms with van der Waals surface area (Å²) in [5.74, 6) is 1.59. The van der Waals surface area contributed by atoms with Crippen molar-refractivity contribution < 1.29 is 4.79 Å². The molecule has 6 heteroatoms. The van der Waals surface area contributed by atoms with E-state index >= 15 is 0 Å². The van der Waals surface area contributed by atoms with Gasteiger partial charge in [-0.25, -0.2) is 4.98 Å². The van der Waals surface area contributed by atoms with E-state index in [-0.39, 0.29) is 5.91 Å². The van der Waals surface area contributed by atoms with Crippen LogP contribution < -0.4 is 15.5 Å². The van der Waals surface area contributed by atoms with Crippen LogP contribution in [0.1, 0.15) is 38.2 Å². The van der Waals surface area contributed by atoms with Gasteiger partial charge in [0.15, 0.2) is 5.82 Å². The number of anilines is 3. The lowest BCUT2D eigenvalue weighted by molar-refractivity contribution is -0.119. The van der Waals surface area contributed by atoms with Gasteiger partial charge in [-0.15, -0.1) is 0 Å². The van der Waals surface area contributed by atoms with Gasteiger partial charge in [0.25, 0.3) is 0 Å². The van der Waals surface area contributed by atoms with Gasteiger partial charge in [0.1, 0.15) is 0 Å². The number of nitrogens with zero attached hydrogens (tertiary/aromatic N) is 3. The first kappa shape index (κ1) is 20.8. The molecule has 6 nitrogen and oxygen atoms in total. The number of amides is 1. The lowest BCUT2D eigenvalue weighted by atomic mass is 9.92. The highest BCUT2D eigenvalue weighted by Gasteiger charge is 2.29. The molecule has 2 aromatic rings. The van der Waals surface area contributed by atoms with E-state index in [9.17, 15) is 4.79 Å². The molecule has 0 atom stereocenters. The van der Waals surface area contributed by atoms with E-state index in [0.29, 0.717) is 18.9 Å². The van der Waals surface area contributed by atoms with Crippen molar-refractivity contribution in [2.75, 3.05) is 42.9 Å². The van der Waals surface area contributed by atoms with Crippen molar-refractivity contribution >= 4 is 23.1 Å². The summed E-state index contributed by atoms with van der Waals surface area (Å²) in [7, 11) is 0. The van der Waals surface area contributed by atoms with Crippen LogP contribution in [0.3, 0.4) is 0 Å². The van der Waals surface area contributed by atoms with Gasteiger partial charge in [-0.1, -0.05) is 25.1 Å². The van der Waals surface area contributed by atoms with Crippen LogP contribution in [-0.4, -0.2) is 48.5 Å². The molecule has 2 aliphatic heterocycles. The van der Waals surface area contributed by atoms with Crippen molar-refractivity contribution in [3.05, 3.63) is 48.2 Å². The Hall–Kier alpha value is -2.44. The maximum Gasteiger partial charge on any atom is 0.246 e. The van der Waals surface area contributed by atoms with Gasteiger partial charge in [0, 0.05) is 12.7 Å². The molecule has 1 aromatic carbocycles. The van der Waals surface area contributed by atoms with Gasteiger partial charge in [0.05, 0.1) is 17.9 Å². The Balaban J connectivity index is 1.42. The zero-order valence-corrected chi connectivity index (χ0v) is 17.9. The summed E-state index contributed by atoms with van der Waals surface area (Å²) in [6, 6.07) is 12.0. The standard InChI is InChI=1S/C24H33N5O/c1-2-25-13-5-7-19-11-15-28(16-12-19)18-23(30)29-22-10-4-3-8-20(22)17-27-21-9-6-14-26-24(21)29/h3-4,6,8-10,14,19,25,27H,2,5,7,11-13,15-18H2,1H3. The minimum atomic E-state index is 0.0942. The molecule has 0 spiro atoms. The first-order valence-electron chi connectivity index (χ1n) is 11.3. The average Bonchev–Trinajstić information content (AvgIpc) is 2.95. The Bertz CT molecular complexity index is 799. The third kappa shape index (κ3) is 4.82. The van der Waals surface area contributed by atoms with Crippen LogP contribution in [0.2, 0.25) is 0 Å². The van der Waals surface area contributed by atoms with E-state index in [1.54, 1.807) is 6.20 Å². The smallest absolute Gasteiger partial charge is 0.246 e. The number of para-hydroxylation sites is 1. The van der Waals surface area contributed by atoms with Gasteiger partial charge in [0.2, 0.25) is 5.91 Å². The summed E-state index contributed by atoms with van der Waals surface area (Å²) in [6.45, 7) is 7.45. The summed E-state index contributed by atoms with van der Waals surface area (Å²) in [4.78, 5) is 22.2. The molecule has 1 fully saturated rings. The van der Waals surface area contributed by atoms with E-state index < -0.39 is 0 Å². The van der Waals surface area contributed by atoms with E-state index in [0.717, 1.165) is 49.0 Å². The Kier molecular flexibility index (Phi) is 6.97. The number of likely N-dealkylation sites (tertiary alicyclic amines) is 1. The second-order valence-electron chi connectivity index (χ2n) is 8.30. The first-order valence-corrected chi connectivity index (χ1v) is 11.3. The molecule has 2 aliphatic rings. The molecule has 1 aromatic heterocycles. The third-order valence-corrected chi connectivity index (χ3v) is 6.23. The molecule has 0 radical (unpaired) electrons. The minimum absolute atomic E-state index is 0.0942. The topological polar surface area (TPSA) is 60.5 Å². The number of benzene rings is 1. The lowest BCUT2D eigenvalue weighted by Gasteiger charge is -2.33. The highest BCUT2D eigenvalue weighted by molar-refractivity contribution is 6.04. The summed E-state index contributed by atoms with van der Waals surface area (Å²) in [6.07, 6.45) is 6.67. The van der Waals surface area contributed by atoms with Gasteiger partial charge >= 0.3 is 0 Å². The van der Waals surface area contributed by atoms with E-state index in [4.69, 9.17) is 0 Å². The van der Waals surface area contributed by atoms with Crippen LogP contribution in [0, 0.1) is 5.92 Å². The highest BCUT2D eigenvalue weighted by Crippen LogP contribution is 2.36. The Morgan fingerprint density at radius 1 is 1.20 bits per heavy atom. The van der Waals surface area contributed by atoms with Crippen LogP contribution in [0.5, 0.6) is 0 Å². The van der Waals surface area contributed by atoms with Crippen LogP contribution >= 0.6 is 0 Å². The van der Waals surface area contributed by atoms with Gasteiger partial charge in [-0.3, -0.25) is 14.6 Å². The predicted molar refractivity (Wildman–Crippen MR) is 122 cm³/mol. The number of rotatable bonds is 7. The fourth-order valence-corrected chi connectivity index (χ4v) is 4.54. The summed E-state index contributed by atoms with van der Waals surface area (Å²) in [5, 5.41) is 6.84. The van der Waals surface area contributed by atoms with Crippen LogP contribution in [0.4, 0.5) is 17.2 Å². The maximum absolute atomic E-state index is 13.5. The fraction of sp³-hybridized carbons (Fsp3) is 0.500. The Labute approximate surface area is 179 Å². The van der Waals surface area contributed by atoms with Gasteiger partial charge in [-0.2, -0.15) is 0 Å². The third-order valence-electron chi connectivity index (χ3n) is 6.23. The van der Waals surface area contributed by atoms with E-state index in [1.807, 2.05) is 35.2 Å². The Morgan fingerprint density at radius 2 is 2.03 bits per heavy atom. The van der Waals surface area contributed by atoms with E-state index in [2.05, 4.69) is 33.5 Å². The predicted octanol–water partition coefficient (Wildman–Crippen LogP) is 3.77. The van der Waals surface area contributed by atoms with Crippen LogP contribution in [0.15, 0.2) is 42.6 Å². The second-order valence-corrected chi connectivity index (χ2v) is 8.30. The normalized spacial score (nSPS) is 17.0. The highest BCUT2D eigenvalue weighted by atomic mass is 16.2. The number of pyridine rings is 1. The number of piperidine rings is 1. The molecule has 0 saturated carbocycles. The summed E-state index contributed by atoms with van der Waals surface area (Å²) < 4.78 is 0. The van der Waals surface area contributed by atoms with Crippen molar-refractivity contribution in [2.24, 2.45) is 5.92 Å². The largest absolute Gasteiger partial charge is 0.378 e. The molecular formula is C24H33N5O. The molecule has 30 heavy (non-hydrogen) atoms. The monoisotopic (exact) mass is 407 g/mol. The van der Waals surface area contributed by atoms with Gasteiger partial charge < -0.3 is 10.6 Å². The molecule has 0 aliphatic carbocycles. The minimum Gasteiger partial charge on any atom is -0.378 e. The number of aromatic nitrogens is 1. The molecule has 3 heterocycles.